The highest BCUT2D eigenvalue weighted by Gasteiger charge is 2.38. The third-order valence-electron chi connectivity index (χ3n) is 3.75. The molecule has 1 fully saturated rings. The van der Waals surface area contributed by atoms with E-state index in [1.807, 2.05) is 7.05 Å². The van der Waals surface area contributed by atoms with Gasteiger partial charge >= 0.3 is 0 Å². The van der Waals surface area contributed by atoms with Crippen LogP contribution in [0.2, 0.25) is 0 Å². The van der Waals surface area contributed by atoms with Crippen LogP contribution < -0.4 is 15.1 Å². The van der Waals surface area contributed by atoms with Gasteiger partial charge in [0.15, 0.2) is 0 Å². The van der Waals surface area contributed by atoms with Gasteiger partial charge in [0, 0.05) is 31.2 Å². The van der Waals surface area contributed by atoms with E-state index >= 15 is 0 Å². The molecule has 1 unspecified atom stereocenters. The van der Waals surface area contributed by atoms with Crippen molar-refractivity contribution in [2.24, 2.45) is 0 Å². The number of carbonyl (C=O) groups excluding carboxylic acids is 1. The van der Waals surface area contributed by atoms with Gasteiger partial charge < -0.3 is 15.1 Å². The summed E-state index contributed by atoms with van der Waals surface area (Å²) in [7, 11) is 1.87. The molecule has 18 heavy (non-hydrogen) atoms. The number of anilines is 2. The quantitative estimate of drug-likeness (QED) is 0.789. The van der Waals surface area contributed by atoms with Crippen LogP contribution in [0, 0.1) is 6.92 Å². The fourth-order valence-corrected chi connectivity index (χ4v) is 3.48. The van der Waals surface area contributed by atoms with Crippen LogP contribution in [0.3, 0.4) is 0 Å². The van der Waals surface area contributed by atoms with Crippen LogP contribution in [0.4, 0.5) is 11.4 Å². The summed E-state index contributed by atoms with van der Waals surface area (Å²) in [6.45, 7) is 4.59. The number of nitrogens with one attached hydrogen (secondary N) is 1. The molecule has 1 atom stereocenters. The van der Waals surface area contributed by atoms with Crippen molar-refractivity contribution < 1.29 is 4.79 Å². The summed E-state index contributed by atoms with van der Waals surface area (Å²) in [5, 5.41) is 3.29. The number of benzene rings is 1. The van der Waals surface area contributed by atoms with Crippen LogP contribution in [-0.4, -0.2) is 38.6 Å². The van der Waals surface area contributed by atoms with E-state index in [1.54, 1.807) is 4.90 Å². The molecule has 3 rings (SSSR count). The summed E-state index contributed by atoms with van der Waals surface area (Å²) in [6, 6.07) is 4.11. The van der Waals surface area contributed by atoms with Gasteiger partial charge in [0.2, 0.25) is 0 Å². The highest BCUT2D eigenvalue weighted by Crippen LogP contribution is 2.40. The first-order chi connectivity index (χ1) is 8.59. The van der Waals surface area contributed by atoms with Crippen LogP contribution in [0.5, 0.6) is 0 Å². The summed E-state index contributed by atoms with van der Waals surface area (Å²) in [6.07, 6.45) is 0. The van der Waals surface area contributed by atoms with Gasteiger partial charge in [-0.25, -0.2) is 0 Å². The molecule has 4 nitrogen and oxygen atoms in total. The molecule has 2 aliphatic rings. The van der Waals surface area contributed by atoms with Crippen molar-refractivity contribution >= 4 is 33.2 Å². The zero-order chi connectivity index (χ0) is 12.9. The first kappa shape index (κ1) is 12.0. The largest absolute Gasteiger partial charge is 0.355 e. The van der Waals surface area contributed by atoms with Gasteiger partial charge in [-0.1, -0.05) is 15.9 Å². The van der Waals surface area contributed by atoms with Gasteiger partial charge in [0.25, 0.3) is 5.91 Å². The SMILES string of the molecule is Cc1cc(Br)cc2c1N(C)C(=O)C1CNCCN21. The summed E-state index contributed by atoms with van der Waals surface area (Å²) in [4.78, 5) is 16.4. The Morgan fingerprint density at radius 3 is 3.00 bits per heavy atom. The Labute approximate surface area is 115 Å². The Kier molecular flexibility index (Phi) is 2.83. The Bertz CT molecular complexity index is 517. The smallest absolute Gasteiger partial charge is 0.250 e. The van der Waals surface area contributed by atoms with E-state index in [-0.39, 0.29) is 11.9 Å². The number of fused-ring (bicyclic) bond motifs is 3. The number of rotatable bonds is 0. The number of nitrogens with zero attached hydrogens (tertiary/aromatic N) is 2. The van der Waals surface area contributed by atoms with Crippen molar-refractivity contribution in [3.05, 3.63) is 22.2 Å². The fourth-order valence-electron chi connectivity index (χ4n) is 2.92. The lowest BCUT2D eigenvalue weighted by Crippen LogP contribution is -2.61. The standard InChI is InChI=1S/C13H16BrN3O/c1-8-5-9(14)6-10-12(8)16(2)13(18)11-7-15-3-4-17(10)11/h5-6,11,15H,3-4,7H2,1-2H3. The molecule has 0 bridgehead atoms. The minimum atomic E-state index is -0.0649. The Hall–Kier alpha value is -1.07. The fraction of sp³-hybridized carbons (Fsp3) is 0.462. The molecule has 0 aromatic heterocycles. The number of hydrogen-bond donors (Lipinski definition) is 1. The topological polar surface area (TPSA) is 35.6 Å². The van der Waals surface area contributed by atoms with E-state index in [1.165, 1.54) is 0 Å². The van der Waals surface area contributed by atoms with Crippen molar-refractivity contribution in [3.8, 4) is 0 Å². The van der Waals surface area contributed by atoms with Crippen molar-refractivity contribution in [1.29, 1.82) is 0 Å². The van der Waals surface area contributed by atoms with E-state index in [2.05, 4.69) is 45.2 Å². The maximum absolute atomic E-state index is 12.4. The number of piperazine rings is 1. The van der Waals surface area contributed by atoms with E-state index in [9.17, 15) is 4.79 Å². The van der Waals surface area contributed by atoms with Crippen LogP contribution >= 0.6 is 15.9 Å². The second-order valence-corrected chi connectivity index (χ2v) is 5.82. The van der Waals surface area contributed by atoms with Gasteiger partial charge in [-0.05, 0) is 24.6 Å². The number of likely N-dealkylation sites (N-methyl/N-ethyl adjacent to an activating group) is 1. The summed E-state index contributed by atoms with van der Waals surface area (Å²) in [5.74, 6) is 0.181. The van der Waals surface area contributed by atoms with E-state index < -0.39 is 0 Å². The molecule has 1 saturated heterocycles. The van der Waals surface area contributed by atoms with Crippen LogP contribution in [0.1, 0.15) is 5.56 Å². The summed E-state index contributed by atoms with van der Waals surface area (Å²) < 4.78 is 1.07. The number of aryl methyl sites for hydroxylation is 1. The number of hydrogen-bond acceptors (Lipinski definition) is 3. The molecule has 96 valence electrons. The predicted octanol–water partition coefficient (Wildman–Crippen LogP) is 1.51. The van der Waals surface area contributed by atoms with Gasteiger partial charge in [-0.2, -0.15) is 0 Å². The molecule has 1 N–H and O–H groups in total. The van der Waals surface area contributed by atoms with Crippen molar-refractivity contribution in [3.63, 3.8) is 0 Å². The van der Waals surface area contributed by atoms with Gasteiger partial charge in [0.1, 0.15) is 6.04 Å². The van der Waals surface area contributed by atoms with Crippen LogP contribution in [0.15, 0.2) is 16.6 Å². The van der Waals surface area contributed by atoms with E-state index in [4.69, 9.17) is 0 Å². The van der Waals surface area contributed by atoms with Crippen molar-refractivity contribution in [1.82, 2.24) is 5.32 Å². The molecular weight excluding hydrogens is 294 g/mol. The molecule has 5 heteroatoms. The molecule has 1 aromatic carbocycles. The normalized spacial score (nSPS) is 22.8. The predicted molar refractivity (Wildman–Crippen MR) is 76.3 cm³/mol. The molecule has 0 aliphatic carbocycles. The molecule has 0 radical (unpaired) electrons. The Morgan fingerprint density at radius 2 is 2.22 bits per heavy atom. The first-order valence-electron chi connectivity index (χ1n) is 6.14. The van der Waals surface area contributed by atoms with E-state index in [0.29, 0.717) is 0 Å². The first-order valence-corrected chi connectivity index (χ1v) is 6.94. The third kappa shape index (κ3) is 1.65. The average molecular weight is 310 g/mol. The lowest BCUT2D eigenvalue weighted by Gasteiger charge is -2.45. The maximum atomic E-state index is 12.4. The molecule has 1 aromatic rings. The molecule has 1 amide bonds. The molecule has 0 spiro atoms. The van der Waals surface area contributed by atoms with Gasteiger partial charge in [-0.15, -0.1) is 0 Å². The summed E-state index contributed by atoms with van der Waals surface area (Å²) in [5.41, 5.74) is 3.34. The lowest BCUT2D eigenvalue weighted by atomic mass is 10.0. The zero-order valence-electron chi connectivity index (χ0n) is 10.5. The van der Waals surface area contributed by atoms with Gasteiger partial charge in [0.05, 0.1) is 11.4 Å². The second-order valence-electron chi connectivity index (χ2n) is 4.90. The third-order valence-corrected chi connectivity index (χ3v) is 4.21. The zero-order valence-corrected chi connectivity index (χ0v) is 12.1. The Balaban J connectivity index is 2.18. The number of halogens is 1. The maximum Gasteiger partial charge on any atom is 0.250 e. The second kappa shape index (κ2) is 4.24. The molecule has 2 aliphatic heterocycles. The molecule has 2 heterocycles. The van der Waals surface area contributed by atoms with E-state index in [0.717, 1.165) is 41.0 Å². The van der Waals surface area contributed by atoms with Crippen LogP contribution in [0.25, 0.3) is 0 Å². The summed E-state index contributed by atoms with van der Waals surface area (Å²) >= 11 is 3.55. The average Bonchev–Trinajstić information content (AvgIpc) is 2.35. The molecule has 0 saturated carbocycles. The number of carbonyl (C=O) groups is 1. The lowest BCUT2D eigenvalue weighted by molar-refractivity contribution is -0.120. The Morgan fingerprint density at radius 1 is 1.44 bits per heavy atom. The monoisotopic (exact) mass is 309 g/mol. The van der Waals surface area contributed by atoms with Crippen LogP contribution in [-0.2, 0) is 4.79 Å². The highest BCUT2D eigenvalue weighted by molar-refractivity contribution is 9.10. The minimum absolute atomic E-state index is 0.0649. The highest BCUT2D eigenvalue weighted by atomic mass is 79.9. The minimum Gasteiger partial charge on any atom is -0.355 e. The van der Waals surface area contributed by atoms with Crippen molar-refractivity contribution in [2.45, 2.75) is 13.0 Å². The van der Waals surface area contributed by atoms with Crippen molar-refractivity contribution in [2.75, 3.05) is 36.5 Å². The van der Waals surface area contributed by atoms with Gasteiger partial charge in [-0.3, -0.25) is 4.79 Å². The molecular formula is C13H16BrN3O. The number of amides is 1.